The molecule has 0 unspecified atom stereocenters. The molecule has 2 aliphatic heterocycles. The summed E-state index contributed by atoms with van der Waals surface area (Å²) in [7, 11) is -1.42. The standard InChI is InChI=1S/C45H68N4O12Si2/c1-42(2,3)62(9,10)60-26-30-24-44(14-15-44)28-46(30)40(50)32-20-36(56-7)38(22-34(32)48(52)53)58-18-13-19-59-39-23-35(49(54)55)33(21-37(39)57-8)41(51)47-29-45(16-17-45)25-31(47)27-61-63(11,12)43(4,5)6/h20-23,30-31H,13-19,24-29H2,1-12H3/t30-,31-/m0/s1. The van der Waals surface area contributed by atoms with E-state index in [1.807, 2.05) is 0 Å². The molecular weight excluding hydrogens is 845 g/mol. The quantitative estimate of drug-likeness (QED) is 0.0599. The molecule has 63 heavy (non-hydrogen) atoms. The molecule has 0 radical (unpaired) electrons. The van der Waals surface area contributed by atoms with E-state index in [0.717, 1.165) is 38.5 Å². The molecular formula is C45H68N4O12Si2. The summed E-state index contributed by atoms with van der Waals surface area (Å²) in [6.45, 7) is 23.5. The molecule has 2 saturated heterocycles. The fourth-order valence-electron chi connectivity index (χ4n) is 8.24. The molecule has 2 saturated carbocycles. The lowest BCUT2D eigenvalue weighted by atomic mass is 10.0. The van der Waals surface area contributed by atoms with Gasteiger partial charge in [-0.15, -0.1) is 0 Å². The van der Waals surface area contributed by atoms with Crippen LogP contribution in [0.15, 0.2) is 24.3 Å². The van der Waals surface area contributed by atoms with Gasteiger partial charge in [0.05, 0.1) is 74.7 Å². The highest BCUT2D eigenvalue weighted by atomic mass is 28.4. The van der Waals surface area contributed by atoms with Crippen molar-refractivity contribution < 1.29 is 47.2 Å². The highest BCUT2D eigenvalue weighted by molar-refractivity contribution is 6.74. The summed E-state index contributed by atoms with van der Waals surface area (Å²) >= 11 is 0. The number of hydrogen-bond acceptors (Lipinski definition) is 12. The van der Waals surface area contributed by atoms with E-state index in [2.05, 4.69) is 67.7 Å². The number of carbonyl (C=O) groups is 2. The van der Waals surface area contributed by atoms with Gasteiger partial charge in [-0.1, -0.05) is 41.5 Å². The highest BCUT2D eigenvalue weighted by Gasteiger charge is 2.56. The Morgan fingerprint density at radius 1 is 0.651 bits per heavy atom. The predicted molar refractivity (Wildman–Crippen MR) is 243 cm³/mol. The number of rotatable bonds is 18. The van der Waals surface area contributed by atoms with Crippen molar-refractivity contribution in [1.82, 2.24) is 9.80 Å². The van der Waals surface area contributed by atoms with Crippen LogP contribution in [0.2, 0.25) is 36.3 Å². The van der Waals surface area contributed by atoms with E-state index >= 15 is 0 Å². The first-order chi connectivity index (χ1) is 29.3. The third-order valence-electron chi connectivity index (χ3n) is 14.8. The maximum Gasteiger partial charge on any atom is 0.286 e. The molecule has 2 spiro atoms. The van der Waals surface area contributed by atoms with Crippen molar-refractivity contribution in [3.8, 4) is 23.0 Å². The number of ether oxygens (including phenoxy) is 4. The van der Waals surface area contributed by atoms with Crippen LogP contribution in [0.25, 0.3) is 0 Å². The van der Waals surface area contributed by atoms with E-state index in [1.54, 1.807) is 9.80 Å². The molecule has 16 nitrogen and oxygen atoms in total. The minimum absolute atomic E-state index is 0.00868. The lowest BCUT2D eigenvalue weighted by molar-refractivity contribution is -0.385. The lowest BCUT2D eigenvalue weighted by Gasteiger charge is -2.38. The smallest absolute Gasteiger partial charge is 0.286 e. The highest BCUT2D eigenvalue weighted by Crippen LogP contribution is 2.57. The van der Waals surface area contributed by atoms with Crippen molar-refractivity contribution in [2.75, 3.05) is 53.7 Å². The number of nitro benzene ring substituents is 2. The summed E-state index contributed by atoms with van der Waals surface area (Å²) in [5, 5.41) is 24.9. The zero-order valence-electron chi connectivity index (χ0n) is 39.3. The van der Waals surface area contributed by atoms with Gasteiger partial charge in [0.1, 0.15) is 11.1 Å². The van der Waals surface area contributed by atoms with Gasteiger partial charge in [0.15, 0.2) is 39.6 Å². The molecule has 2 aromatic rings. The summed E-state index contributed by atoms with van der Waals surface area (Å²) in [4.78, 5) is 55.6. The summed E-state index contributed by atoms with van der Waals surface area (Å²) < 4.78 is 36.2. The van der Waals surface area contributed by atoms with Gasteiger partial charge in [0, 0.05) is 31.6 Å². The molecule has 2 aromatic carbocycles. The number of methoxy groups -OCH3 is 2. The predicted octanol–water partition coefficient (Wildman–Crippen LogP) is 9.40. The van der Waals surface area contributed by atoms with Gasteiger partial charge >= 0.3 is 0 Å². The first-order valence-corrected chi connectivity index (χ1v) is 28.0. The molecule has 4 aliphatic rings. The molecule has 4 fully saturated rings. The molecule has 2 aliphatic carbocycles. The molecule has 0 N–H and O–H groups in total. The van der Waals surface area contributed by atoms with Crippen molar-refractivity contribution in [2.24, 2.45) is 10.8 Å². The summed E-state index contributed by atoms with van der Waals surface area (Å²) in [6, 6.07) is 4.79. The first-order valence-electron chi connectivity index (χ1n) is 22.1. The Labute approximate surface area is 373 Å². The molecule has 2 heterocycles. The Bertz CT molecular complexity index is 1940. The van der Waals surface area contributed by atoms with Crippen LogP contribution in [0.4, 0.5) is 11.4 Å². The second-order valence-corrected chi connectivity index (χ2v) is 30.9. The van der Waals surface area contributed by atoms with Gasteiger partial charge in [0.25, 0.3) is 23.2 Å². The van der Waals surface area contributed by atoms with Crippen LogP contribution >= 0.6 is 0 Å². The van der Waals surface area contributed by atoms with Gasteiger partial charge in [-0.3, -0.25) is 29.8 Å². The number of likely N-dealkylation sites (tertiary alicyclic amines) is 2. The number of benzene rings is 2. The van der Waals surface area contributed by atoms with Crippen LogP contribution in [-0.2, 0) is 8.85 Å². The van der Waals surface area contributed by atoms with Crippen LogP contribution in [-0.4, -0.2) is 114 Å². The van der Waals surface area contributed by atoms with Crippen molar-refractivity contribution in [2.45, 2.75) is 135 Å². The van der Waals surface area contributed by atoms with Crippen LogP contribution < -0.4 is 18.9 Å². The van der Waals surface area contributed by atoms with Crippen LogP contribution in [0.3, 0.4) is 0 Å². The monoisotopic (exact) mass is 912 g/mol. The number of hydrogen-bond donors (Lipinski definition) is 0. The third kappa shape index (κ3) is 10.3. The normalized spacial score (nSPS) is 20.3. The average Bonchev–Trinajstić information content (AvgIpc) is 4.07. The molecule has 2 atom stereocenters. The van der Waals surface area contributed by atoms with E-state index in [4.69, 9.17) is 27.8 Å². The number of carbonyl (C=O) groups excluding carboxylic acids is 2. The van der Waals surface area contributed by atoms with Crippen LogP contribution in [0, 0.1) is 31.1 Å². The largest absolute Gasteiger partial charge is 0.493 e. The fourth-order valence-corrected chi connectivity index (χ4v) is 10.3. The second kappa shape index (κ2) is 17.6. The molecule has 348 valence electrons. The van der Waals surface area contributed by atoms with Crippen molar-refractivity contribution in [3.05, 3.63) is 55.6 Å². The molecule has 0 bridgehead atoms. The van der Waals surface area contributed by atoms with Crippen molar-refractivity contribution in [3.63, 3.8) is 0 Å². The Morgan fingerprint density at radius 2 is 1.00 bits per heavy atom. The fraction of sp³-hybridized carbons (Fsp3) is 0.689. The number of amides is 2. The van der Waals surface area contributed by atoms with Crippen LogP contribution in [0.1, 0.15) is 107 Å². The van der Waals surface area contributed by atoms with Crippen LogP contribution in [0.5, 0.6) is 23.0 Å². The van der Waals surface area contributed by atoms with E-state index in [9.17, 15) is 29.8 Å². The number of nitrogens with zero attached hydrogens (tertiary/aromatic N) is 4. The molecule has 2 amide bonds. The Hall–Kier alpha value is -4.27. The zero-order valence-corrected chi connectivity index (χ0v) is 41.3. The first kappa shape index (κ1) is 48.2. The maximum atomic E-state index is 14.2. The van der Waals surface area contributed by atoms with Crippen molar-refractivity contribution >= 4 is 39.8 Å². The van der Waals surface area contributed by atoms with E-state index in [0.29, 0.717) is 26.3 Å². The zero-order chi connectivity index (χ0) is 46.5. The average molecular weight is 913 g/mol. The van der Waals surface area contributed by atoms with Gasteiger partial charge in [-0.25, -0.2) is 0 Å². The van der Waals surface area contributed by atoms with Gasteiger partial charge in [-0.05, 0) is 85.6 Å². The lowest BCUT2D eigenvalue weighted by Crippen LogP contribution is -2.46. The Morgan fingerprint density at radius 3 is 1.29 bits per heavy atom. The Kier molecular flexibility index (Phi) is 13.5. The van der Waals surface area contributed by atoms with Gasteiger partial charge in [-0.2, -0.15) is 0 Å². The minimum atomic E-state index is -2.11. The van der Waals surface area contributed by atoms with E-state index in [1.165, 1.54) is 38.5 Å². The van der Waals surface area contributed by atoms with E-state index < -0.39 is 49.7 Å². The van der Waals surface area contributed by atoms with E-state index in [-0.39, 0.29) is 86.7 Å². The third-order valence-corrected chi connectivity index (χ3v) is 23.8. The van der Waals surface area contributed by atoms with Crippen molar-refractivity contribution in [1.29, 1.82) is 0 Å². The summed E-state index contributed by atoms with van der Waals surface area (Å²) in [6.07, 6.45) is 5.91. The SMILES string of the molecule is COc1cc(C(=O)N2CC3(CC3)C[C@H]2CO[Si](C)(C)C(C)(C)C)c([N+](=O)[O-])cc1OCCCOc1cc([N+](=O)[O-])c(C(=O)N2CC3(CC3)C[C@H]2CO[Si](C)(C)C(C)(C)C)cc1OC. The summed E-state index contributed by atoms with van der Waals surface area (Å²) in [5.74, 6) is -0.389. The topological polar surface area (TPSA) is 182 Å². The molecule has 18 heteroatoms. The minimum Gasteiger partial charge on any atom is -0.493 e. The Balaban J connectivity index is 1.12. The van der Waals surface area contributed by atoms with Gasteiger partial charge in [0.2, 0.25) is 0 Å². The maximum absolute atomic E-state index is 14.2. The van der Waals surface area contributed by atoms with Gasteiger partial charge < -0.3 is 37.6 Å². The number of nitro groups is 2. The molecule has 6 rings (SSSR count). The molecule has 0 aromatic heterocycles. The second-order valence-electron chi connectivity index (χ2n) is 21.3. The summed E-state index contributed by atoms with van der Waals surface area (Å²) in [5.41, 5.74) is -0.875.